The molecule has 0 radical (unpaired) electrons. The van der Waals surface area contributed by atoms with Crippen LogP contribution in [0.15, 0.2) is 109 Å². The predicted octanol–water partition coefficient (Wildman–Crippen LogP) is 9.69. The van der Waals surface area contributed by atoms with Gasteiger partial charge in [-0.15, -0.1) is 0 Å². The highest BCUT2D eigenvalue weighted by atomic mass is 15.4. The van der Waals surface area contributed by atoms with Crippen molar-refractivity contribution in [1.82, 2.24) is 0 Å². The van der Waals surface area contributed by atoms with Gasteiger partial charge in [0.25, 0.3) is 0 Å². The number of hydrogen-bond donors (Lipinski definition) is 0. The Hall–Kier alpha value is -4.30. The summed E-state index contributed by atoms with van der Waals surface area (Å²) >= 11 is 0. The van der Waals surface area contributed by atoms with Crippen LogP contribution in [0.5, 0.6) is 0 Å². The first kappa shape index (κ1) is 22.9. The summed E-state index contributed by atoms with van der Waals surface area (Å²) in [5.41, 5.74) is 15.5. The van der Waals surface area contributed by atoms with E-state index < -0.39 is 0 Å². The quantitative estimate of drug-likeness (QED) is 0.237. The topological polar surface area (TPSA) is 6.48 Å². The van der Waals surface area contributed by atoms with E-state index in [0.29, 0.717) is 6.04 Å². The number of fused-ring (bicyclic) bond motifs is 9. The van der Waals surface area contributed by atoms with Gasteiger partial charge in [0, 0.05) is 11.7 Å². The summed E-state index contributed by atoms with van der Waals surface area (Å²) in [6.07, 6.45) is 0.223. The van der Waals surface area contributed by atoms with Crippen molar-refractivity contribution in [1.29, 1.82) is 0 Å². The zero-order valence-electron chi connectivity index (χ0n) is 22.4. The Morgan fingerprint density at radius 1 is 0.500 bits per heavy atom. The molecule has 1 heterocycles. The largest absolute Gasteiger partial charge is 0.347 e. The molecule has 0 aromatic heterocycles. The van der Waals surface area contributed by atoms with Crippen LogP contribution >= 0.6 is 0 Å². The van der Waals surface area contributed by atoms with Crippen LogP contribution in [-0.4, -0.2) is 12.2 Å². The van der Waals surface area contributed by atoms with Crippen molar-refractivity contribution in [2.45, 2.75) is 39.9 Å². The molecule has 7 rings (SSSR count). The summed E-state index contributed by atoms with van der Waals surface area (Å²) in [6, 6.07) is 40.8. The minimum Gasteiger partial charge on any atom is -0.347 e. The maximum absolute atomic E-state index is 2.53. The third kappa shape index (κ3) is 3.26. The second-order valence-electron chi connectivity index (χ2n) is 10.8. The van der Waals surface area contributed by atoms with Gasteiger partial charge in [0.15, 0.2) is 0 Å². The van der Waals surface area contributed by atoms with Gasteiger partial charge >= 0.3 is 0 Å². The van der Waals surface area contributed by atoms with E-state index in [1.165, 1.54) is 67.1 Å². The average molecular weight is 493 g/mol. The van der Waals surface area contributed by atoms with E-state index in [1.807, 2.05) is 0 Å². The van der Waals surface area contributed by atoms with Crippen LogP contribution in [0, 0.1) is 6.92 Å². The first-order valence-corrected chi connectivity index (χ1v) is 13.6. The van der Waals surface area contributed by atoms with Gasteiger partial charge in [-0.3, -0.25) is 0 Å². The van der Waals surface area contributed by atoms with Crippen molar-refractivity contribution >= 4 is 17.1 Å². The molecule has 1 aliphatic carbocycles. The van der Waals surface area contributed by atoms with Gasteiger partial charge in [0.2, 0.25) is 0 Å². The number of hydrogen-bond acceptors (Lipinski definition) is 2. The molecule has 0 spiro atoms. The lowest BCUT2D eigenvalue weighted by molar-refractivity contribution is 0.606. The second-order valence-corrected chi connectivity index (χ2v) is 10.8. The fourth-order valence-corrected chi connectivity index (χ4v) is 6.71. The molecule has 5 aromatic carbocycles. The molecule has 0 saturated heterocycles. The summed E-state index contributed by atoms with van der Waals surface area (Å²) in [5, 5.41) is 0. The van der Waals surface area contributed by atoms with Crippen LogP contribution in [0.4, 0.5) is 17.1 Å². The zero-order chi connectivity index (χ0) is 26.0. The maximum atomic E-state index is 2.53. The number of nitrogens with zero attached hydrogens (tertiary/aromatic N) is 2. The van der Waals surface area contributed by atoms with E-state index in [2.05, 4.69) is 147 Å². The number of aryl methyl sites for hydroxylation is 1. The van der Waals surface area contributed by atoms with Crippen molar-refractivity contribution in [2.24, 2.45) is 0 Å². The Morgan fingerprint density at radius 2 is 0.895 bits per heavy atom. The lowest BCUT2D eigenvalue weighted by Crippen LogP contribution is -2.42. The van der Waals surface area contributed by atoms with Gasteiger partial charge < -0.3 is 9.80 Å². The van der Waals surface area contributed by atoms with E-state index >= 15 is 0 Å². The Balaban J connectivity index is 1.53. The third-order valence-electron chi connectivity index (χ3n) is 8.29. The van der Waals surface area contributed by atoms with Crippen LogP contribution in [0.3, 0.4) is 0 Å². The minimum absolute atomic E-state index is 0.223. The third-order valence-corrected chi connectivity index (χ3v) is 8.29. The van der Waals surface area contributed by atoms with Gasteiger partial charge in [0.1, 0.15) is 6.17 Å². The highest BCUT2D eigenvalue weighted by molar-refractivity contribution is 6.04. The van der Waals surface area contributed by atoms with E-state index in [-0.39, 0.29) is 6.17 Å². The SMILES string of the molecule is Cc1cc2c(cc1N1c3ccccc3N(C(C)C)[C@@H]1C)-c1ccccc1-c1ccccc1-c1ccccc1-2. The summed E-state index contributed by atoms with van der Waals surface area (Å²) in [5.74, 6) is 0. The zero-order valence-corrected chi connectivity index (χ0v) is 22.4. The highest BCUT2D eigenvalue weighted by Gasteiger charge is 2.36. The van der Waals surface area contributed by atoms with Gasteiger partial charge in [-0.05, 0) is 102 Å². The average Bonchev–Trinajstić information content (AvgIpc) is 3.24. The van der Waals surface area contributed by atoms with Crippen LogP contribution < -0.4 is 9.80 Å². The van der Waals surface area contributed by atoms with Crippen molar-refractivity contribution in [3.63, 3.8) is 0 Å². The van der Waals surface area contributed by atoms with E-state index in [4.69, 9.17) is 0 Å². The molecule has 1 aliphatic heterocycles. The monoisotopic (exact) mass is 492 g/mol. The molecule has 38 heavy (non-hydrogen) atoms. The first-order chi connectivity index (χ1) is 18.5. The smallest absolute Gasteiger partial charge is 0.104 e. The molecule has 186 valence electrons. The van der Waals surface area contributed by atoms with Crippen LogP contribution in [0.2, 0.25) is 0 Å². The molecule has 2 aliphatic rings. The van der Waals surface area contributed by atoms with Crippen molar-refractivity contribution < 1.29 is 0 Å². The number of para-hydroxylation sites is 2. The fourth-order valence-electron chi connectivity index (χ4n) is 6.71. The van der Waals surface area contributed by atoms with Crippen LogP contribution in [0.1, 0.15) is 26.3 Å². The molecule has 2 heteroatoms. The van der Waals surface area contributed by atoms with Gasteiger partial charge in [-0.1, -0.05) is 84.9 Å². The molecule has 1 atom stereocenters. The lowest BCUT2D eigenvalue weighted by atomic mass is 9.80. The molecule has 0 fully saturated rings. The summed E-state index contributed by atoms with van der Waals surface area (Å²) in [6.45, 7) is 9.17. The van der Waals surface area contributed by atoms with Crippen molar-refractivity contribution in [2.75, 3.05) is 9.80 Å². The number of anilines is 3. The van der Waals surface area contributed by atoms with E-state index in [0.717, 1.165) is 0 Å². The van der Waals surface area contributed by atoms with Crippen molar-refractivity contribution in [3.05, 3.63) is 115 Å². The molecule has 0 N–H and O–H groups in total. The van der Waals surface area contributed by atoms with Gasteiger partial charge in [-0.2, -0.15) is 0 Å². The normalized spacial score (nSPS) is 15.2. The lowest BCUT2D eigenvalue weighted by Gasteiger charge is -2.34. The molecule has 0 amide bonds. The molecular weight excluding hydrogens is 460 g/mol. The number of rotatable bonds is 2. The molecular formula is C36H32N2. The molecule has 0 saturated carbocycles. The predicted molar refractivity (Wildman–Crippen MR) is 162 cm³/mol. The van der Waals surface area contributed by atoms with Gasteiger partial charge in [-0.25, -0.2) is 0 Å². The van der Waals surface area contributed by atoms with Crippen LogP contribution in [-0.2, 0) is 0 Å². The molecule has 0 bridgehead atoms. The van der Waals surface area contributed by atoms with Crippen LogP contribution in [0.25, 0.3) is 44.5 Å². The Morgan fingerprint density at radius 3 is 1.37 bits per heavy atom. The molecule has 0 unspecified atom stereocenters. The van der Waals surface area contributed by atoms with E-state index in [1.54, 1.807) is 0 Å². The fraction of sp³-hybridized carbons (Fsp3) is 0.167. The standard InChI is InChI=1S/C36H32N2/c1-23(2)37-25(4)38(35-20-12-11-19-34(35)37)36-22-33-31-18-10-8-16-29(31)27-14-6-5-13-26(27)28-15-7-9-17-30(28)32(33)21-24(36)3/h5-23,25H,1-4H3/t25-/m0/s1. The highest BCUT2D eigenvalue weighted by Crippen LogP contribution is 2.51. The number of benzene rings is 5. The van der Waals surface area contributed by atoms with E-state index in [9.17, 15) is 0 Å². The first-order valence-electron chi connectivity index (χ1n) is 13.6. The Kier molecular flexibility index (Phi) is 5.19. The molecule has 5 aromatic rings. The minimum atomic E-state index is 0.223. The second kappa shape index (κ2) is 8.63. The summed E-state index contributed by atoms with van der Waals surface area (Å²) in [4.78, 5) is 5.07. The Labute approximate surface area is 225 Å². The molecule has 2 nitrogen and oxygen atoms in total. The summed E-state index contributed by atoms with van der Waals surface area (Å²) in [7, 11) is 0. The summed E-state index contributed by atoms with van der Waals surface area (Å²) < 4.78 is 0. The maximum Gasteiger partial charge on any atom is 0.104 e. The Bertz CT molecular complexity index is 1700. The van der Waals surface area contributed by atoms with Gasteiger partial charge in [0.05, 0.1) is 11.4 Å². The van der Waals surface area contributed by atoms with Crippen molar-refractivity contribution in [3.8, 4) is 44.5 Å².